The molecule has 11 nitrogen and oxygen atoms in total. The molecule has 1 aromatic carbocycles. The Hall–Kier alpha value is -4.35. The summed E-state index contributed by atoms with van der Waals surface area (Å²) >= 11 is 12.4. The zero-order valence-electron chi connectivity index (χ0n) is 22.9. The molecule has 1 atom stereocenters. The van der Waals surface area contributed by atoms with Gasteiger partial charge in [0.05, 0.1) is 11.7 Å². The number of rotatable bonds is 7. The van der Waals surface area contributed by atoms with Crippen molar-refractivity contribution in [3.05, 3.63) is 87.8 Å². The smallest absolute Gasteiger partial charge is 0.284 e. The number of anilines is 4. The van der Waals surface area contributed by atoms with Crippen molar-refractivity contribution in [1.29, 1.82) is 0 Å². The van der Waals surface area contributed by atoms with Crippen molar-refractivity contribution >= 4 is 58.2 Å². The number of amides is 2. The van der Waals surface area contributed by atoms with E-state index in [2.05, 4.69) is 51.0 Å². The van der Waals surface area contributed by atoms with Crippen LogP contribution in [0.1, 0.15) is 72.3 Å². The van der Waals surface area contributed by atoms with E-state index in [1.165, 1.54) is 17.6 Å². The molecule has 0 saturated heterocycles. The van der Waals surface area contributed by atoms with Crippen LogP contribution in [-0.4, -0.2) is 36.7 Å². The highest BCUT2D eigenvalue weighted by Crippen LogP contribution is 2.32. The number of nitrogens with two attached hydrogens (primary N) is 2. The Bertz CT molecular complexity index is 1570. The highest BCUT2D eigenvalue weighted by molar-refractivity contribution is 6.36. The van der Waals surface area contributed by atoms with Crippen LogP contribution in [0, 0.1) is 0 Å². The topological polar surface area (TPSA) is 166 Å². The van der Waals surface area contributed by atoms with E-state index in [-0.39, 0.29) is 38.5 Å². The first-order valence-electron chi connectivity index (χ1n) is 12.7. The third kappa shape index (κ3) is 6.36. The van der Waals surface area contributed by atoms with E-state index in [4.69, 9.17) is 34.7 Å². The van der Waals surface area contributed by atoms with E-state index < -0.39 is 17.9 Å². The number of aromatic nitrogens is 5. The summed E-state index contributed by atoms with van der Waals surface area (Å²) in [7, 11) is 0. The Kier molecular flexibility index (Phi) is 8.69. The second-order valence-electron chi connectivity index (χ2n) is 10.2. The number of halogens is 2. The molecular weight excluding hydrogens is 565 g/mol. The Morgan fingerprint density at radius 3 is 2.00 bits per heavy atom. The molecule has 0 aliphatic heterocycles. The number of carbonyl (C=O) groups is 2. The van der Waals surface area contributed by atoms with Gasteiger partial charge < -0.3 is 16.8 Å². The lowest BCUT2D eigenvalue weighted by atomic mass is 9.87. The molecule has 2 amide bonds. The van der Waals surface area contributed by atoms with Gasteiger partial charge >= 0.3 is 0 Å². The summed E-state index contributed by atoms with van der Waals surface area (Å²) in [6, 6.07) is 10.6. The van der Waals surface area contributed by atoms with E-state index in [9.17, 15) is 9.59 Å². The van der Waals surface area contributed by atoms with Crippen molar-refractivity contribution in [3.63, 3.8) is 0 Å². The van der Waals surface area contributed by atoms with Crippen LogP contribution in [0.2, 0.25) is 10.0 Å². The molecule has 3 aromatic heterocycles. The fourth-order valence-electron chi connectivity index (χ4n) is 4.03. The average molecular weight is 595 g/mol. The molecule has 0 bridgehead atoms. The zero-order chi connectivity index (χ0) is 29.9. The minimum Gasteiger partial charge on any atom is -0.382 e. The molecule has 0 aliphatic rings. The van der Waals surface area contributed by atoms with Gasteiger partial charge in [-0.15, -0.1) is 0 Å². The lowest BCUT2D eigenvalue weighted by Gasteiger charge is -2.25. The zero-order valence-corrected chi connectivity index (χ0v) is 24.4. The first kappa shape index (κ1) is 29.6. The summed E-state index contributed by atoms with van der Waals surface area (Å²) in [5, 5.41) is 2.82. The molecule has 4 aromatic rings. The van der Waals surface area contributed by atoms with Gasteiger partial charge in [-0.2, -0.15) is 0 Å². The predicted octanol–water partition coefficient (Wildman–Crippen LogP) is 5.29. The van der Waals surface area contributed by atoms with Crippen LogP contribution in [0.15, 0.2) is 55.2 Å². The van der Waals surface area contributed by atoms with Gasteiger partial charge in [0.15, 0.2) is 11.4 Å². The van der Waals surface area contributed by atoms with E-state index in [0.29, 0.717) is 23.5 Å². The second kappa shape index (κ2) is 12.0. The summed E-state index contributed by atoms with van der Waals surface area (Å²) < 4.78 is 0. The first-order chi connectivity index (χ1) is 19.4. The normalized spacial score (nSPS) is 12.0. The van der Waals surface area contributed by atoms with E-state index in [0.717, 1.165) is 5.56 Å². The van der Waals surface area contributed by atoms with Crippen molar-refractivity contribution < 1.29 is 9.59 Å². The second-order valence-corrected chi connectivity index (χ2v) is 10.9. The van der Waals surface area contributed by atoms with Gasteiger partial charge in [-0.3, -0.25) is 14.5 Å². The fourth-order valence-corrected chi connectivity index (χ4v) is 4.39. The lowest BCUT2D eigenvalue weighted by molar-refractivity contribution is 0.0929. The van der Waals surface area contributed by atoms with E-state index >= 15 is 0 Å². The molecule has 212 valence electrons. The van der Waals surface area contributed by atoms with Gasteiger partial charge in [0, 0.05) is 6.20 Å². The minimum absolute atomic E-state index is 0.0107. The standard InChI is InChI=1S/C28H29Cl2N9O2/c1-5-18(38-26(40)22-20(29)24(31)36-13-34-22)15-6-11-19(33-12-15)39(17-9-7-16(8-10-17)28(2,3)4)27(41)23-21(30)25(32)37-14-35-23/h6-14,18H,5H2,1-4H3,(H,38,40)(H2,31,34,36)(H2,32,35,37). The predicted molar refractivity (Wildman–Crippen MR) is 159 cm³/mol. The Labute approximate surface area is 247 Å². The molecular formula is C28H29Cl2N9O2. The molecule has 41 heavy (non-hydrogen) atoms. The summed E-state index contributed by atoms with van der Waals surface area (Å²) in [4.78, 5) is 48.3. The lowest BCUT2D eigenvalue weighted by Crippen LogP contribution is -2.30. The number of carbonyl (C=O) groups excluding carboxylic acids is 2. The van der Waals surface area contributed by atoms with Crippen LogP contribution in [0.3, 0.4) is 0 Å². The Morgan fingerprint density at radius 1 is 0.878 bits per heavy atom. The molecule has 3 heterocycles. The van der Waals surface area contributed by atoms with Crippen LogP contribution in [0.5, 0.6) is 0 Å². The van der Waals surface area contributed by atoms with Crippen molar-refractivity contribution in [1.82, 2.24) is 30.2 Å². The maximum atomic E-state index is 13.8. The van der Waals surface area contributed by atoms with Gasteiger partial charge in [-0.05, 0) is 41.2 Å². The molecule has 0 spiro atoms. The quantitative estimate of drug-likeness (QED) is 0.258. The Morgan fingerprint density at radius 2 is 1.46 bits per heavy atom. The van der Waals surface area contributed by atoms with Crippen molar-refractivity contribution in [2.24, 2.45) is 0 Å². The third-order valence-electron chi connectivity index (χ3n) is 6.36. The molecule has 5 N–H and O–H groups in total. The number of nitrogen functional groups attached to an aromatic ring is 2. The summed E-state index contributed by atoms with van der Waals surface area (Å²) in [6.45, 7) is 8.21. The third-order valence-corrected chi connectivity index (χ3v) is 7.11. The summed E-state index contributed by atoms with van der Waals surface area (Å²) in [5.74, 6) is -0.737. The van der Waals surface area contributed by atoms with Crippen LogP contribution < -0.4 is 21.7 Å². The number of nitrogens with zero attached hydrogens (tertiary/aromatic N) is 6. The molecule has 13 heteroatoms. The largest absolute Gasteiger partial charge is 0.382 e. The van der Waals surface area contributed by atoms with Gasteiger partial charge in [-0.1, -0.05) is 69.1 Å². The average Bonchev–Trinajstić information content (AvgIpc) is 2.95. The van der Waals surface area contributed by atoms with Crippen LogP contribution in [0.25, 0.3) is 0 Å². The number of nitrogens with one attached hydrogen (secondary N) is 1. The van der Waals surface area contributed by atoms with Crippen LogP contribution in [-0.2, 0) is 5.41 Å². The maximum Gasteiger partial charge on any atom is 0.284 e. The molecule has 4 rings (SSSR count). The highest BCUT2D eigenvalue weighted by atomic mass is 35.5. The highest BCUT2D eigenvalue weighted by Gasteiger charge is 2.27. The number of hydrogen-bond acceptors (Lipinski definition) is 9. The van der Waals surface area contributed by atoms with Gasteiger partial charge in [-0.25, -0.2) is 24.9 Å². The van der Waals surface area contributed by atoms with E-state index in [1.807, 2.05) is 31.2 Å². The maximum absolute atomic E-state index is 13.8. The molecule has 0 saturated carbocycles. The Balaban J connectivity index is 1.69. The number of benzene rings is 1. The van der Waals surface area contributed by atoms with Crippen molar-refractivity contribution in [2.75, 3.05) is 16.4 Å². The fraction of sp³-hybridized carbons (Fsp3) is 0.250. The van der Waals surface area contributed by atoms with Gasteiger partial charge in [0.2, 0.25) is 0 Å². The number of hydrogen-bond donors (Lipinski definition) is 3. The first-order valence-corrected chi connectivity index (χ1v) is 13.4. The molecule has 0 fully saturated rings. The van der Waals surface area contributed by atoms with Gasteiger partial charge in [0.1, 0.15) is 40.2 Å². The molecule has 0 radical (unpaired) electrons. The van der Waals surface area contributed by atoms with E-state index in [1.54, 1.807) is 18.3 Å². The summed E-state index contributed by atoms with van der Waals surface area (Å²) in [5.41, 5.74) is 13.7. The van der Waals surface area contributed by atoms with Crippen molar-refractivity contribution in [3.8, 4) is 0 Å². The van der Waals surface area contributed by atoms with Crippen LogP contribution >= 0.6 is 23.2 Å². The SMILES string of the molecule is CCC(NC(=O)c1ncnc(N)c1Cl)c1ccc(N(C(=O)c2ncnc(N)c2Cl)c2ccc(C(C)(C)C)cc2)nc1. The molecule has 1 unspecified atom stereocenters. The minimum atomic E-state index is -0.538. The van der Waals surface area contributed by atoms with Crippen molar-refractivity contribution in [2.45, 2.75) is 45.6 Å². The van der Waals surface area contributed by atoms with Gasteiger partial charge in [0.25, 0.3) is 11.8 Å². The number of pyridine rings is 1. The monoisotopic (exact) mass is 593 g/mol. The molecule has 0 aliphatic carbocycles. The summed E-state index contributed by atoms with van der Waals surface area (Å²) in [6.07, 6.45) is 4.47. The van der Waals surface area contributed by atoms with Crippen LogP contribution in [0.4, 0.5) is 23.1 Å².